The van der Waals surface area contributed by atoms with E-state index in [9.17, 15) is 19.5 Å². The van der Waals surface area contributed by atoms with Crippen LogP contribution in [0.25, 0.3) is 11.1 Å². The Balaban J connectivity index is 1.30. The van der Waals surface area contributed by atoms with E-state index in [4.69, 9.17) is 4.74 Å². The monoisotopic (exact) mass is 436 g/mol. The summed E-state index contributed by atoms with van der Waals surface area (Å²) in [7, 11) is 0. The number of carbonyl (C=O) groups is 3. The van der Waals surface area contributed by atoms with E-state index in [-0.39, 0.29) is 37.3 Å². The molecule has 2 amide bonds. The van der Waals surface area contributed by atoms with Crippen molar-refractivity contribution in [3.63, 3.8) is 0 Å². The maximum atomic E-state index is 12.5. The number of ether oxygens (including phenoxy) is 1. The molecule has 0 radical (unpaired) electrons. The Labute approximate surface area is 187 Å². The molecule has 7 heteroatoms. The highest BCUT2D eigenvalue weighted by Gasteiger charge is 2.37. The van der Waals surface area contributed by atoms with Crippen molar-refractivity contribution in [3.8, 4) is 11.1 Å². The van der Waals surface area contributed by atoms with Crippen LogP contribution in [0.3, 0.4) is 0 Å². The quantitative estimate of drug-likeness (QED) is 0.723. The Hall–Kier alpha value is -3.35. The molecule has 1 heterocycles. The summed E-state index contributed by atoms with van der Waals surface area (Å²) in [5.41, 5.74) is 4.60. The lowest BCUT2D eigenvalue weighted by Crippen LogP contribution is -2.39. The molecule has 2 aliphatic rings. The lowest BCUT2D eigenvalue weighted by molar-refractivity contribution is -0.142. The molecule has 7 nitrogen and oxygen atoms in total. The summed E-state index contributed by atoms with van der Waals surface area (Å²) in [6.07, 6.45) is -0.464. The lowest BCUT2D eigenvalue weighted by Gasteiger charge is -2.20. The van der Waals surface area contributed by atoms with Crippen molar-refractivity contribution in [3.05, 3.63) is 59.7 Å². The van der Waals surface area contributed by atoms with Gasteiger partial charge in [0, 0.05) is 31.5 Å². The maximum absolute atomic E-state index is 12.5. The lowest BCUT2D eigenvalue weighted by atomic mass is 9.98. The molecule has 0 bridgehead atoms. The topological polar surface area (TPSA) is 95.9 Å². The number of nitrogens with one attached hydrogen (secondary N) is 1. The minimum atomic E-state index is -0.877. The van der Waals surface area contributed by atoms with Crippen molar-refractivity contribution in [1.82, 2.24) is 10.2 Å². The summed E-state index contributed by atoms with van der Waals surface area (Å²) in [5, 5.41) is 12.0. The molecule has 168 valence electrons. The van der Waals surface area contributed by atoms with E-state index < -0.39 is 24.0 Å². The van der Waals surface area contributed by atoms with E-state index >= 15 is 0 Å². The molecule has 0 aromatic heterocycles. The fourth-order valence-corrected chi connectivity index (χ4v) is 4.78. The van der Waals surface area contributed by atoms with Gasteiger partial charge in [0.05, 0.1) is 5.92 Å². The Morgan fingerprint density at radius 2 is 1.66 bits per heavy atom. The van der Waals surface area contributed by atoms with Gasteiger partial charge < -0.3 is 20.1 Å². The molecule has 0 saturated carbocycles. The zero-order valence-corrected chi connectivity index (χ0v) is 18.3. The number of aliphatic carboxylic acids is 1. The van der Waals surface area contributed by atoms with Gasteiger partial charge >= 0.3 is 12.1 Å². The van der Waals surface area contributed by atoms with Crippen molar-refractivity contribution < 1.29 is 24.2 Å². The van der Waals surface area contributed by atoms with Gasteiger partial charge in [0.25, 0.3) is 0 Å². The van der Waals surface area contributed by atoms with Gasteiger partial charge in [0.15, 0.2) is 0 Å². The van der Waals surface area contributed by atoms with Crippen molar-refractivity contribution in [2.45, 2.75) is 32.2 Å². The molecule has 1 saturated heterocycles. The van der Waals surface area contributed by atoms with Crippen LogP contribution in [0.5, 0.6) is 0 Å². The number of hydrogen-bond acceptors (Lipinski definition) is 4. The standard InChI is InChI=1S/C25H28N2O5/c1-15-12-27(13-21(15)24(29)30)23(28)11-16(2)26-25(31)32-14-22-19-9-5-3-7-17(19)18-8-4-6-10-20(18)22/h3-10,15-16,21-22H,11-14H2,1-2H3,(H,26,31)(H,29,30)/t15?,16-,21?/m0/s1. The average Bonchev–Trinajstić information content (AvgIpc) is 3.30. The predicted molar refractivity (Wildman–Crippen MR) is 119 cm³/mol. The van der Waals surface area contributed by atoms with E-state index in [1.807, 2.05) is 31.2 Å². The van der Waals surface area contributed by atoms with Crippen LogP contribution in [0.4, 0.5) is 4.79 Å². The molecular formula is C25H28N2O5. The number of nitrogens with zero attached hydrogens (tertiary/aromatic N) is 1. The molecule has 1 aliphatic heterocycles. The van der Waals surface area contributed by atoms with Gasteiger partial charge in [0.2, 0.25) is 5.91 Å². The van der Waals surface area contributed by atoms with Crippen molar-refractivity contribution >= 4 is 18.0 Å². The number of hydrogen-bond donors (Lipinski definition) is 2. The number of carboxylic acids is 1. The SMILES string of the molecule is CC1CN(C(=O)C[C@H](C)NC(=O)OCC2c3ccccc3-c3ccccc32)CC1C(=O)O. The number of carboxylic acid groups (broad SMARTS) is 1. The molecule has 0 spiro atoms. The summed E-state index contributed by atoms with van der Waals surface area (Å²) < 4.78 is 5.53. The minimum absolute atomic E-state index is 0.0240. The van der Waals surface area contributed by atoms with Gasteiger partial charge in [-0.3, -0.25) is 9.59 Å². The third-order valence-corrected chi connectivity index (χ3v) is 6.47. The molecule has 2 unspecified atom stereocenters. The van der Waals surface area contributed by atoms with Crippen molar-refractivity contribution in [1.29, 1.82) is 0 Å². The second-order valence-electron chi connectivity index (χ2n) is 8.80. The molecule has 4 rings (SSSR count). The average molecular weight is 437 g/mol. The van der Waals surface area contributed by atoms with Gasteiger partial charge in [-0.05, 0) is 35.1 Å². The minimum Gasteiger partial charge on any atom is -0.481 e. The predicted octanol–water partition coefficient (Wildman–Crippen LogP) is 3.48. The number of benzene rings is 2. The summed E-state index contributed by atoms with van der Waals surface area (Å²) in [6.45, 7) is 4.43. The Morgan fingerprint density at radius 3 is 2.22 bits per heavy atom. The Bertz CT molecular complexity index is 991. The zero-order valence-electron chi connectivity index (χ0n) is 18.3. The van der Waals surface area contributed by atoms with Crippen molar-refractivity contribution in [2.24, 2.45) is 11.8 Å². The maximum Gasteiger partial charge on any atom is 0.407 e. The molecule has 2 N–H and O–H groups in total. The van der Waals surface area contributed by atoms with E-state index in [1.54, 1.807) is 11.8 Å². The van der Waals surface area contributed by atoms with Crippen LogP contribution in [0.1, 0.15) is 37.3 Å². The highest BCUT2D eigenvalue weighted by atomic mass is 16.5. The largest absolute Gasteiger partial charge is 0.481 e. The Morgan fingerprint density at radius 1 is 1.06 bits per heavy atom. The first-order chi connectivity index (χ1) is 15.3. The number of alkyl carbamates (subject to hydrolysis) is 1. The zero-order chi connectivity index (χ0) is 22.8. The molecule has 2 aromatic rings. The fourth-order valence-electron chi connectivity index (χ4n) is 4.78. The number of amides is 2. The molecule has 32 heavy (non-hydrogen) atoms. The van der Waals surface area contributed by atoms with Crippen molar-refractivity contribution in [2.75, 3.05) is 19.7 Å². The van der Waals surface area contributed by atoms with Crippen LogP contribution in [0, 0.1) is 11.8 Å². The van der Waals surface area contributed by atoms with Gasteiger partial charge in [-0.25, -0.2) is 4.79 Å². The summed E-state index contributed by atoms with van der Waals surface area (Å²) in [5.74, 6) is -1.68. The number of likely N-dealkylation sites (tertiary alicyclic amines) is 1. The van der Waals surface area contributed by atoms with Crippen LogP contribution in [-0.2, 0) is 14.3 Å². The second-order valence-corrected chi connectivity index (χ2v) is 8.80. The second kappa shape index (κ2) is 9.02. The van der Waals surface area contributed by atoms with Crippen LogP contribution in [-0.4, -0.2) is 53.7 Å². The number of fused-ring (bicyclic) bond motifs is 3. The van der Waals surface area contributed by atoms with Crippen LogP contribution >= 0.6 is 0 Å². The van der Waals surface area contributed by atoms with E-state index in [0.717, 1.165) is 22.3 Å². The normalized spacial score (nSPS) is 20.4. The van der Waals surface area contributed by atoms with Crippen LogP contribution < -0.4 is 5.32 Å². The third-order valence-electron chi connectivity index (χ3n) is 6.47. The molecule has 3 atom stereocenters. The van der Waals surface area contributed by atoms with E-state index in [0.29, 0.717) is 6.54 Å². The molecule has 2 aromatic carbocycles. The highest BCUT2D eigenvalue weighted by Crippen LogP contribution is 2.44. The molecule has 1 fully saturated rings. The van der Waals surface area contributed by atoms with Crippen LogP contribution in [0.2, 0.25) is 0 Å². The number of rotatable bonds is 6. The summed E-state index contributed by atoms with van der Waals surface area (Å²) in [6, 6.07) is 15.8. The van der Waals surface area contributed by atoms with Crippen LogP contribution in [0.15, 0.2) is 48.5 Å². The number of carbonyl (C=O) groups excluding carboxylic acids is 2. The van der Waals surface area contributed by atoms with Gasteiger partial charge in [-0.1, -0.05) is 55.5 Å². The smallest absolute Gasteiger partial charge is 0.407 e. The summed E-state index contributed by atoms with van der Waals surface area (Å²) >= 11 is 0. The first kappa shape index (κ1) is 21.9. The third kappa shape index (κ3) is 4.33. The van der Waals surface area contributed by atoms with Gasteiger partial charge in [-0.15, -0.1) is 0 Å². The van der Waals surface area contributed by atoms with Gasteiger partial charge in [0.1, 0.15) is 6.61 Å². The summed E-state index contributed by atoms with van der Waals surface area (Å²) in [4.78, 5) is 37.8. The first-order valence-electron chi connectivity index (χ1n) is 11.0. The van der Waals surface area contributed by atoms with E-state index in [2.05, 4.69) is 29.6 Å². The first-order valence-corrected chi connectivity index (χ1v) is 11.0. The fraction of sp³-hybridized carbons (Fsp3) is 0.400. The van der Waals surface area contributed by atoms with E-state index in [1.165, 1.54) is 0 Å². The molecule has 1 aliphatic carbocycles. The molecular weight excluding hydrogens is 408 g/mol. The highest BCUT2D eigenvalue weighted by molar-refractivity contribution is 5.81. The van der Waals surface area contributed by atoms with Gasteiger partial charge in [-0.2, -0.15) is 0 Å². The Kier molecular flexibility index (Phi) is 6.17.